The summed E-state index contributed by atoms with van der Waals surface area (Å²) in [6.45, 7) is 0. The zero-order valence-electron chi connectivity index (χ0n) is 4.09. The van der Waals surface area contributed by atoms with Crippen LogP contribution in [0.4, 0.5) is 0 Å². The fourth-order valence-corrected chi connectivity index (χ4v) is 0. The van der Waals surface area contributed by atoms with E-state index in [2.05, 4.69) is 0 Å². The fourth-order valence-electron chi connectivity index (χ4n) is 0. The third-order valence-electron chi connectivity index (χ3n) is 0. The van der Waals surface area contributed by atoms with Crippen LogP contribution in [-0.4, -0.2) is 42.8 Å². The quantitative estimate of drug-likeness (QED) is 0.274. The number of rotatable bonds is 0. The van der Waals surface area contributed by atoms with Crippen molar-refractivity contribution in [1.29, 1.82) is 0 Å². The zero-order valence-corrected chi connectivity index (χ0v) is 6.29. The van der Waals surface area contributed by atoms with Gasteiger partial charge in [0, 0.05) is 37.7 Å². The number of hydrogen-bond donors (Lipinski definition) is 2. The molecule has 0 aliphatic heterocycles. The third-order valence-corrected chi connectivity index (χ3v) is 0. The summed E-state index contributed by atoms with van der Waals surface area (Å²) >= 11 is 0. The summed E-state index contributed by atoms with van der Waals surface area (Å²) in [6.07, 6.45) is 0. The van der Waals surface area contributed by atoms with Crippen LogP contribution in [0, 0.1) is 15.3 Å². The molecule has 7 heavy (non-hydrogen) atoms. The Labute approximate surface area is 70.2 Å². The van der Waals surface area contributed by atoms with Gasteiger partial charge in [0.2, 0.25) is 0 Å². The zero-order chi connectivity index (χ0) is 3.58. The summed E-state index contributed by atoms with van der Waals surface area (Å²) in [6, 6.07) is 0. The summed E-state index contributed by atoms with van der Waals surface area (Å²) in [4.78, 5) is 8.25. The van der Waals surface area contributed by atoms with E-state index in [0.29, 0.717) is 0 Å². The molecule has 7 N–H and O–H groups in total. The molecule has 0 aromatic carbocycles. The van der Waals surface area contributed by atoms with Gasteiger partial charge in [-0.3, -0.25) is 0 Å². The molecule has 42 valence electrons. The SMILES string of the molecule is N.O=[N+]([O-])[O-].[Ca].[NH4+]. The van der Waals surface area contributed by atoms with Crippen LogP contribution in [0.2, 0.25) is 0 Å². The minimum atomic E-state index is -1.75. The van der Waals surface area contributed by atoms with Crippen molar-refractivity contribution in [1.82, 2.24) is 12.3 Å². The van der Waals surface area contributed by atoms with E-state index in [9.17, 15) is 0 Å². The minimum Gasteiger partial charge on any atom is -0.369 e. The van der Waals surface area contributed by atoms with Gasteiger partial charge in [-0.25, -0.2) is 0 Å². The van der Waals surface area contributed by atoms with Crippen molar-refractivity contribution in [3.05, 3.63) is 15.3 Å². The number of quaternary nitrogens is 1. The first kappa shape index (κ1) is 26.3. The summed E-state index contributed by atoms with van der Waals surface area (Å²) < 4.78 is 0. The Morgan fingerprint density at radius 3 is 1.29 bits per heavy atom. The molecule has 0 rings (SSSR count). The van der Waals surface area contributed by atoms with Crippen molar-refractivity contribution in [3.63, 3.8) is 0 Å². The first-order valence-corrected chi connectivity index (χ1v) is 0.548. The molecule has 2 radical (unpaired) electrons. The second-order valence-corrected chi connectivity index (χ2v) is 0.224. The molecule has 0 aromatic heterocycles. The fraction of sp³-hybridized carbons (Fsp3) is 0. The van der Waals surface area contributed by atoms with Crippen molar-refractivity contribution in [3.8, 4) is 0 Å². The van der Waals surface area contributed by atoms with Gasteiger partial charge in [-0.1, -0.05) is 0 Å². The number of hydrogen-bond acceptors (Lipinski definition) is 4. The van der Waals surface area contributed by atoms with Gasteiger partial charge in [0.25, 0.3) is 0 Å². The van der Waals surface area contributed by atoms with Crippen molar-refractivity contribution in [2.45, 2.75) is 0 Å². The molecule has 0 bridgehead atoms. The van der Waals surface area contributed by atoms with Crippen molar-refractivity contribution in [2.24, 2.45) is 0 Å². The molecule has 0 saturated carbocycles. The Bertz CT molecular complexity index is 33.2. The minimum absolute atomic E-state index is 0. The van der Waals surface area contributed by atoms with Gasteiger partial charge in [-0.2, -0.15) is 0 Å². The van der Waals surface area contributed by atoms with Crippen molar-refractivity contribution >= 4 is 37.7 Å². The molecule has 6 nitrogen and oxygen atoms in total. The molecule has 0 atom stereocenters. The average molecular weight is 137 g/mol. The van der Waals surface area contributed by atoms with Gasteiger partial charge in [-0.15, -0.1) is 0 Å². The van der Waals surface area contributed by atoms with E-state index in [4.69, 9.17) is 15.3 Å². The Hall–Kier alpha value is 0.380. The maximum absolute atomic E-state index is 8.25. The van der Waals surface area contributed by atoms with E-state index in [1.807, 2.05) is 0 Å². The van der Waals surface area contributed by atoms with E-state index >= 15 is 0 Å². The monoisotopic (exact) mass is 137 g/mol. The van der Waals surface area contributed by atoms with E-state index in [-0.39, 0.29) is 50.0 Å². The summed E-state index contributed by atoms with van der Waals surface area (Å²) in [5.41, 5.74) is 0. The molecule has 0 aromatic rings. The van der Waals surface area contributed by atoms with Crippen LogP contribution in [0.3, 0.4) is 0 Å². The van der Waals surface area contributed by atoms with Crippen LogP contribution in [0.1, 0.15) is 0 Å². The molecule has 0 spiro atoms. The molecule has 0 unspecified atom stereocenters. The normalized spacial score (nSPS) is 3.43. The topological polar surface area (TPSA) is 138 Å². The predicted molar refractivity (Wildman–Crippen MR) is 27.1 cm³/mol. The van der Waals surface area contributed by atoms with Crippen LogP contribution in [-0.2, 0) is 0 Å². The van der Waals surface area contributed by atoms with Crippen LogP contribution >= 0.6 is 0 Å². The van der Waals surface area contributed by atoms with E-state index in [1.165, 1.54) is 0 Å². The summed E-state index contributed by atoms with van der Waals surface area (Å²) in [5, 5.41) is 14.8. The second kappa shape index (κ2) is 16.2. The number of nitrogens with zero attached hydrogens (tertiary/aromatic N) is 1. The maximum atomic E-state index is 8.25. The Morgan fingerprint density at radius 2 is 1.29 bits per heavy atom. The van der Waals surface area contributed by atoms with Crippen LogP contribution in [0.5, 0.6) is 0 Å². The Balaban J connectivity index is -0.0000000150. The van der Waals surface area contributed by atoms with Crippen LogP contribution < -0.4 is 12.3 Å². The Morgan fingerprint density at radius 1 is 1.29 bits per heavy atom. The van der Waals surface area contributed by atoms with E-state index in [0.717, 1.165) is 0 Å². The van der Waals surface area contributed by atoms with Crippen molar-refractivity contribution in [2.75, 3.05) is 0 Å². The van der Waals surface area contributed by atoms with Gasteiger partial charge in [-0.05, 0) is 0 Å². The smallest absolute Gasteiger partial charge is 0.0689 e. The maximum Gasteiger partial charge on any atom is 0.0689 e. The van der Waals surface area contributed by atoms with E-state index < -0.39 is 5.09 Å². The summed E-state index contributed by atoms with van der Waals surface area (Å²) in [5.74, 6) is 0. The van der Waals surface area contributed by atoms with Gasteiger partial charge in [0.05, 0.1) is 5.09 Å². The third kappa shape index (κ3) is 849. The standard InChI is InChI=1S/Ca.NO3.2H3N/c;2-1(3)4;;/h;;2*1H3/q;-1;;/p+1. The molecular weight excluding hydrogens is 130 g/mol. The van der Waals surface area contributed by atoms with Crippen LogP contribution in [0.15, 0.2) is 0 Å². The summed E-state index contributed by atoms with van der Waals surface area (Å²) in [7, 11) is 0. The molecule has 0 saturated heterocycles. The molecule has 0 fully saturated rings. The predicted octanol–water partition coefficient (Wildman–Crippen LogP) is -0.0817. The first-order chi connectivity index (χ1) is 1.73. The van der Waals surface area contributed by atoms with Crippen molar-refractivity contribution < 1.29 is 5.09 Å². The molecular formula is H7CaN3O3. The second-order valence-electron chi connectivity index (χ2n) is 0.224. The van der Waals surface area contributed by atoms with Crippen LogP contribution in [0.25, 0.3) is 0 Å². The molecule has 7 heteroatoms. The Kier molecular flexibility index (Phi) is 60.7. The molecule has 0 heterocycles. The first-order valence-electron chi connectivity index (χ1n) is 0.548. The molecule has 0 aliphatic rings. The van der Waals surface area contributed by atoms with Gasteiger partial charge < -0.3 is 27.6 Å². The van der Waals surface area contributed by atoms with Gasteiger partial charge in [0.15, 0.2) is 0 Å². The van der Waals surface area contributed by atoms with E-state index in [1.54, 1.807) is 0 Å². The largest absolute Gasteiger partial charge is 0.369 e. The molecule has 0 amide bonds. The average Bonchev–Trinajstić information content (AvgIpc) is 0.811. The van der Waals surface area contributed by atoms with Gasteiger partial charge >= 0.3 is 0 Å². The molecule has 0 aliphatic carbocycles. The van der Waals surface area contributed by atoms with Gasteiger partial charge in [0.1, 0.15) is 0 Å².